The number of aryl methyl sites for hydroxylation is 1. The lowest BCUT2D eigenvalue weighted by Crippen LogP contribution is -2.14. The van der Waals surface area contributed by atoms with Gasteiger partial charge in [-0.15, -0.1) is 11.3 Å². The van der Waals surface area contributed by atoms with Gasteiger partial charge in [-0.25, -0.2) is 9.37 Å². The molecule has 0 fully saturated rings. The molecule has 1 heterocycles. The summed E-state index contributed by atoms with van der Waals surface area (Å²) in [7, 11) is 0. The fraction of sp³-hybridized carbons (Fsp3) is 0.158. The van der Waals surface area contributed by atoms with E-state index in [2.05, 4.69) is 10.3 Å². The maximum absolute atomic E-state index is 13.6. The van der Waals surface area contributed by atoms with Crippen LogP contribution in [0.15, 0.2) is 46.8 Å². The minimum atomic E-state index is -0.457. The van der Waals surface area contributed by atoms with Crippen molar-refractivity contribution in [1.29, 1.82) is 0 Å². The van der Waals surface area contributed by atoms with Gasteiger partial charge < -0.3 is 5.32 Å². The molecule has 8 heteroatoms. The molecule has 1 amide bonds. The van der Waals surface area contributed by atoms with E-state index in [1.165, 1.54) is 35.2 Å². The van der Waals surface area contributed by atoms with Crippen molar-refractivity contribution in [3.8, 4) is 0 Å². The number of rotatable bonds is 6. The zero-order chi connectivity index (χ0) is 19.4. The van der Waals surface area contributed by atoms with E-state index in [1.54, 1.807) is 24.3 Å². The zero-order valence-corrected chi connectivity index (χ0v) is 17.4. The van der Waals surface area contributed by atoms with Gasteiger partial charge in [0, 0.05) is 21.3 Å². The number of carbonyl (C=O) groups is 1. The van der Waals surface area contributed by atoms with Crippen molar-refractivity contribution in [3.63, 3.8) is 0 Å². The van der Waals surface area contributed by atoms with Gasteiger partial charge in [-0.3, -0.25) is 4.79 Å². The monoisotopic (exact) mass is 440 g/mol. The summed E-state index contributed by atoms with van der Waals surface area (Å²) in [6, 6.07) is 11.5. The van der Waals surface area contributed by atoms with Crippen LogP contribution < -0.4 is 5.32 Å². The maximum Gasteiger partial charge on any atom is 0.234 e. The highest BCUT2D eigenvalue weighted by Crippen LogP contribution is 2.31. The molecule has 0 aliphatic heterocycles. The Hall–Kier alpha value is -1.60. The highest BCUT2D eigenvalue weighted by Gasteiger charge is 2.13. The van der Waals surface area contributed by atoms with Crippen LogP contribution in [0.1, 0.15) is 16.1 Å². The molecule has 0 aliphatic rings. The third kappa shape index (κ3) is 5.45. The van der Waals surface area contributed by atoms with E-state index in [-0.39, 0.29) is 17.3 Å². The van der Waals surface area contributed by atoms with Crippen LogP contribution in [-0.4, -0.2) is 16.6 Å². The second-order valence-electron chi connectivity index (χ2n) is 5.72. The van der Waals surface area contributed by atoms with Crippen molar-refractivity contribution < 1.29 is 9.18 Å². The van der Waals surface area contributed by atoms with Gasteiger partial charge in [-0.2, -0.15) is 0 Å². The lowest BCUT2D eigenvalue weighted by atomic mass is 10.1. The molecule has 0 spiro atoms. The second kappa shape index (κ2) is 9.06. The topological polar surface area (TPSA) is 42.0 Å². The van der Waals surface area contributed by atoms with Crippen molar-refractivity contribution in [1.82, 2.24) is 4.98 Å². The van der Waals surface area contributed by atoms with Gasteiger partial charge in [0.2, 0.25) is 5.91 Å². The number of thiazole rings is 1. The van der Waals surface area contributed by atoms with Crippen LogP contribution in [0.5, 0.6) is 0 Å². The molecule has 0 bridgehead atoms. The highest BCUT2D eigenvalue weighted by molar-refractivity contribution is 8.01. The zero-order valence-electron chi connectivity index (χ0n) is 14.3. The van der Waals surface area contributed by atoms with E-state index in [0.717, 1.165) is 20.5 Å². The standard InChI is InChI=1S/C19H15Cl2FN2OS2/c1-11-17(9-12-8-13(20)6-7-14(12)21)27-19(23-11)26-10-18(25)24-16-5-3-2-4-15(16)22/h2-8H,9-10H2,1H3,(H,24,25). The molecule has 0 aliphatic carbocycles. The molecule has 0 radical (unpaired) electrons. The molecule has 0 saturated carbocycles. The molecule has 140 valence electrons. The number of benzene rings is 2. The molecule has 2 aromatic carbocycles. The first-order valence-electron chi connectivity index (χ1n) is 8.00. The Morgan fingerprint density at radius 1 is 1.26 bits per heavy atom. The van der Waals surface area contributed by atoms with Gasteiger partial charge in [0.1, 0.15) is 5.82 Å². The predicted molar refractivity (Wildman–Crippen MR) is 112 cm³/mol. The second-order valence-corrected chi connectivity index (χ2v) is 8.87. The Kier molecular flexibility index (Phi) is 6.76. The number of hydrogen-bond acceptors (Lipinski definition) is 4. The molecule has 3 aromatic rings. The van der Waals surface area contributed by atoms with Crippen molar-refractivity contribution in [2.24, 2.45) is 0 Å². The number of nitrogens with zero attached hydrogens (tertiary/aromatic N) is 1. The smallest absolute Gasteiger partial charge is 0.234 e. The lowest BCUT2D eigenvalue weighted by molar-refractivity contribution is -0.113. The molecule has 0 saturated heterocycles. The SMILES string of the molecule is Cc1nc(SCC(=O)Nc2ccccc2F)sc1Cc1cc(Cl)ccc1Cl. The molecule has 0 atom stereocenters. The maximum atomic E-state index is 13.6. The molecule has 1 N–H and O–H groups in total. The number of hydrogen-bond donors (Lipinski definition) is 1. The van der Waals surface area contributed by atoms with Crippen LogP contribution in [0.4, 0.5) is 10.1 Å². The third-order valence-electron chi connectivity index (χ3n) is 3.71. The molecule has 0 unspecified atom stereocenters. The number of halogens is 3. The summed E-state index contributed by atoms with van der Waals surface area (Å²) < 4.78 is 14.4. The minimum Gasteiger partial charge on any atom is -0.323 e. The van der Waals surface area contributed by atoms with Gasteiger partial charge in [-0.05, 0) is 42.8 Å². The van der Waals surface area contributed by atoms with E-state index in [9.17, 15) is 9.18 Å². The van der Waals surface area contributed by atoms with Crippen LogP contribution in [0.25, 0.3) is 0 Å². The number of para-hydroxylation sites is 1. The van der Waals surface area contributed by atoms with Crippen molar-refractivity contribution >= 4 is 57.9 Å². The van der Waals surface area contributed by atoms with Crippen LogP contribution in [0.2, 0.25) is 10.0 Å². The highest BCUT2D eigenvalue weighted by atomic mass is 35.5. The summed E-state index contributed by atoms with van der Waals surface area (Å²) in [5, 5.41) is 3.86. The molecule has 3 nitrogen and oxygen atoms in total. The van der Waals surface area contributed by atoms with Gasteiger partial charge in [0.05, 0.1) is 17.1 Å². The number of carbonyl (C=O) groups excluding carboxylic acids is 1. The Bertz CT molecular complexity index is 978. The van der Waals surface area contributed by atoms with Crippen molar-refractivity contribution in [3.05, 3.63) is 74.5 Å². The summed E-state index contributed by atoms with van der Waals surface area (Å²) in [5.74, 6) is -0.586. The first kappa shape index (κ1) is 20.1. The fourth-order valence-electron chi connectivity index (χ4n) is 2.35. The summed E-state index contributed by atoms with van der Waals surface area (Å²) in [6.45, 7) is 1.92. The summed E-state index contributed by atoms with van der Waals surface area (Å²) in [5.41, 5.74) is 2.01. The Morgan fingerprint density at radius 2 is 2.04 bits per heavy atom. The summed E-state index contributed by atoms with van der Waals surface area (Å²) >= 11 is 15.1. The first-order valence-corrected chi connectivity index (χ1v) is 10.6. The lowest BCUT2D eigenvalue weighted by Gasteiger charge is -2.05. The van der Waals surface area contributed by atoms with Crippen LogP contribution in [0, 0.1) is 12.7 Å². The third-order valence-corrected chi connectivity index (χ3v) is 6.61. The molecule has 27 heavy (non-hydrogen) atoms. The number of anilines is 1. The first-order chi connectivity index (χ1) is 12.9. The summed E-state index contributed by atoms with van der Waals surface area (Å²) in [4.78, 5) is 17.6. The average Bonchev–Trinajstić information content (AvgIpc) is 2.98. The number of aromatic nitrogens is 1. The normalized spacial score (nSPS) is 10.8. The van der Waals surface area contributed by atoms with Crippen molar-refractivity contribution in [2.45, 2.75) is 17.7 Å². The van der Waals surface area contributed by atoms with Gasteiger partial charge in [0.25, 0.3) is 0 Å². The molecular weight excluding hydrogens is 426 g/mol. The molecule has 1 aromatic heterocycles. The number of amides is 1. The Morgan fingerprint density at radius 3 is 2.81 bits per heavy atom. The van der Waals surface area contributed by atoms with Crippen LogP contribution >= 0.6 is 46.3 Å². The Labute approximate surface area is 174 Å². The van der Waals surface area contributed by atoms with E-state index >= 15 is 0 Å². The minimum absolute atomic E-state index is 0.151. The predicted octanol–water partition coefficient (Wildman–Crippen LogP) is 6.22. The van der Waals surface area contributed by atoms with E-state index in [1.807, 2.05) is 13.0 Å². The van der Waals surface area contributed by atoms with E-state index in [0.29, 0.717) is 16.5 Å². The van der Waals surface area contributed by atoms with Crippen molar-refractivity contribution in [2.75, 3.05) is 11.1 Å². The van der Waals surface area contributed by atoms with E-state index in [4.69, 9.17) is 23.2 Å². The Balaban J connectivity index is 1.62. The summed E-state index contributed by atoms with van der Waals surface area (Å²) in [6.07, 6.45) is 0.630. The van der Waals surface area contributed by atoms with Gasteiger partial charge in [-0.1, -0.05) is 47.1 Å². The van der Waals surface area contributed by atoms with Crippen LogP contribution in [-0.2, 0) is 11.2 Å². The average molecular weight is 441 g/mol. The molecular formula is C19H15Cl2FN2OS2. The van der Waals surface area contributed by atoms with Crippen LogP contribution in [0.3, 0.4) is 0 Å². The van der Waals surface area contributed by atoms with Gasteiger partial charge in [0.15, 0.2) is 4.34 Å². The number of thioether (sulfide) groups is 1. The fourth-order valence-corrected chi connectivity index (χ4v) is 4.79. The van der Waals surface area contributed by atoms with E-state index < -0.39 is 5.82 Å². The van der Waals surface area contributed by atoms with Gasteiger partial charge >= 0.3 is 0 Å². The quantitative estimate of drug-likeness (QED) is 0.462. The largest absolute Gasteiger partial charge is 0.323 e. The number of nitrogens with one attached hydrogen (secondary N) is 1. The molecule has 3 rings (SSSR count).